The molecule has 2 aromatic rings. The monoisotopic (exact) mass is 317 g/mol. The molecule has 1 amide bonds. The first kappa shape index (κ1) is 15.0. The number of aryl methyl sites for hydroxylation is 3. The highest BCUT2D eigenvalue weighted by atomic mass is 32.1. The van der Waals surface area contributed by atoms with Gasteiger partial charge < -0.3 is 10.3 Å². The summed E-state index contributed by atoms with van der Waals surface area (Å²) in [4.78, 5) is 32.4. The van der Waals surface area contributed by atoms with Crippen LogP contribution in [-0.4, -0.2) is 22.4 Å². The summed E-state index contributed by atoms with van der Waals surface area (Å²) in [6, 6.07) is 3.29. The highest BCUT2D eigenvalue weighted by molar-refractivity contribution is 7.11. The van der Waals surface area contributed by atoms with Crippen molar-refractivity contribution in [1.82, 2.24) is 15.3 Å². The van der Waals surface area contributed by atoms with Crippen LogP contribution in [0.15, 0.2) is 16.9 Å². The van der Waals surface area contributed by atoms with Gasteiger partial charge in [0.25, 0.3) is 11.5 Å². The number of rotatable bonds is 4. The summed E-state index contributed by atoms with van der Waals surface area (Å²) in [5.41, 5.74) is 1.80. The Balaban J connectivity index is 1.57. The van der Waals surface area contributed by atoms with Gasteiger partial charge in [-0.1, -0.05) is 0 Å². The van der Waals surface area contributed by atoms with E-state index < -0.39 is 0 Å². The number of nitrogens with one attached hydrogen (secondary N) is 2. The molecule has 0 radical (unpaired) electrons. The van der Waals surface area contributed by atoms with Crippen LogP contribution in [0.2, 0.25) is 0 Å². The molecule has 1 aliphatic carbocycles. The molecule has 5 nitrogen and oxygen atoms in total. The maximum Gasteiger partial charge on any atom is 0.260 e. The first-order valence-corrected chi connectivity index (χ1v) is 8.41. The second-order valence-electron chi connectivity index (χ2n) is 5.57. The number of aromatic amines is 1. The summed E-state index contributed by atoms with van der Waals surface area (Å²) in [5, 5.41) is 3.87. The van der Waals surface area contributed by atoms with E-state index in [1.54, 1.807) is 30.4 Å². The Morgan fingerprint density at radius 1 is 1.36 bits per heavy atom. The zero-order valence-electron chi connectivity index (χ0n) is 12.6. The first-order valence-electron chi connectivity index (χ1n) is 7.59. The van der Waals surface area contributed by atoms with E-state index in [0.29, 0.717) is 13.0 Å². The lowest BCUT2D eigenvalue weighted by atomic mass is 10.0. The Morgan fingerprint density at radius 3 is 2.95 bits per heavy atom. The predicted octanol–water partition coefficient (Wildman–Crippen LogP) is 1.99. The highest BCUT2D eigenvalue weighted by Crippen LogP contribution is 2.26. The molecular weight excluding hydrogens is 298 g/mol. The maximum atomic E-state index is 12.0. The van der Waals surface area contributed by atoms with Gasteiger partial charge >= 0.3 is 0 Å². The van der Waals surface area contributed by atoms with Gasteiger partial charge in [-0.05, 0) is 44.7 Å². The van der Waals surface area contributed by atoms with Crippen LogP contribution in [0.25, 0.3) is 0 Å². The third-order valence-electron chi connectivity index (χ3n) is 3.81. The zero-order chi connectivity index (χ0) is 15.5. The van der Waals surface area contributed by atoms with Crippen molar-refractivity contribution in [3.63, 3.8) is 0 Å². The number of amides is 1. The minimum atomic E-state index is -0.345. The van der Waals surface area contributed by atoms with E-state index in [2.05, 4.69) is 15.3 Å². The van der Waals surface area contributed by atoms with Gasteiger partial charge in [0.2, 0.25) is 0 Å². The number of H-pyrrole nitrogens is 1. The van der Waals surface area contributed by atoms with Crippen molar-refractivity contribution in [2.45, 2.75) is 39.0 Å². The van der Waals surface area contributed by atoms with Crippen LogP contribution in [0.4, 0.5) is 0 Å². The maximum absolute atomic E-state index is 12.0. The third kappa shape index (κ3) is 3.27. The number of carbonyl (C=O) groups excluding carboxylic acids is 1. The molecule has 0 bridgehead atoms. The summed E-state index contributed by atoms with van der Waals surface area (Å²) in [6.45, 7) is 2.28. The predicted molar refractivity (Wildman–Crippen MR) is 86.6 cm³/mol. The molecule has 0 atom stereocenters. The molecule has 1 aliphatic rings. The zero-order valence-corrected chi connectivity index (χ0v) is 13.4. The van der Waals surface area contributed by atoms with E-state index in [1.807, 2.05) is 0 Å². The molecule has 0 spiro atoms. The van der Waals surface area contributed by atoms with Gasteiger partial charge in [0.1, 0.15) is 5.56 Å². The molecule has 2 aromatic heterocycles. The molecule has 0 unspecified atom stereocenters. The Labute approximate surface area is 132 Å². The number of hydrogen-bond acceptors (Lipinski definition) is 4. The number of carbonyl (C=O) groups is 1. The molecule has 0 saturated carbocycles. The van der Waals surface area contributed by atoms with Crippen molar-refractivity contribution in [3.05, 3.63) is 49.3 Å². The summed E-state index contributed by atoms with van der Waals surface area (Å²) < 4.78 is 0. The van der Waals surface area contributed by atoms with Gasteiger partial charge in [-0.2, -0.15) is 0 Å². The third-order valence-corrected chi connectivity index (χ3v) is 5.03. The van der Waals surface area contributed by atoms with Crippen molar-refractivity contribution < 1.29 is 4.79 Å². The van der Waals surface area contributed by atoms with Crippen LogP contribution in [-0.2, 0) is 19.3 Å². The van der Waals surface area contributed by atoms with Crippen LogP contribution in [0.3, 0.4) is 0 Å². The van der Waals surface area contributed by atoms with Gasteiger partial charge in [-0.15, -0.1) is 11.3 Å². The van der Waals surface area contributed by atoms with Gasteiger partial charge in [0.05, 0.1) is 10.7 Å². The second kappa shape index (κ2) is 6.44. The van der Waals surface area contributed by atoms with Crippen molar-refractivity contribution in [1.29, 1.82) is 0 Å². The fourth-order valence-corrected chi connectivity index (χ4v) is 3.80. The number of fused-ring (bicyclic) bond motifs is 1. The van der Waals surface area contributed by atoms with Gasteiger partial charge in [0.15, 0.2) is 0 Å². The van der Waals surface area contributed by atoms with Gasteiger partial charge in [0, 0.05) is 23.5 Å². The van der Waals surface area contributed by atoms with Crippen molar-refractivity contribution in [2.24, 2.45) is 0 Å². The lowest BCUT2D eigenvalue weighted by Crippen LogP contribution is -2.31. The lowest BCUT2D eigenvalue weighted by Gasteiger charge is -2.06. The van der Waals surface area contributed by atoms with E-state index in [4.69, 9.17) is 0 Å². The van der Waals surface area contributed by atoms with Gasteiger partial charge in [-0.25, -0.2) is 4.98 Å². The number of pyridine rings is 1. The molecular formula is C16H19N3O2S. The van der Waals surface area contributed by atoms with Gasteiger partial charge in [-0.3, -0.25) is 9.59 Å². The van der Waals surface area contributed by atoms with Crippen LogP contribution in [0, 0.1) is 6.92 Å². The smallest absolute Gasteiger partial charge is 0.260 e. The number of nitrogens with zero attached hydrogens (tertiary/aromatic N) is 1. The molecule has 0 fully saturated rings. The molecule has 3 rings (SSSR count). The number of thiazole rings is 1. The van der Waals surface area contributed by atoms with E-state index in [1.165, 1.54) is 23.4 Å². The molecule has 0 aromatic carbocycles. The topological polar surface area (TPSA) is 74.8 Å². The SMILES string of the molecule is Cc1ccc(C(=O)NCCc2nc3c(s2)CCCC3)c(=O)[nH]1. The molecule has 2 N–H and O–H groups in total. The summed E-state index contributed by atoms with van der Waals surface area (Å²) in [7, 11) is 0. The number of aromatic nitrogens is 2. The van der Waals surface area contributed by atoms with E-state index in [0.717, 1.165) is 23.5 Å². The minimum Gasteiger partial charge on any atom is -0.351 e. The molecule has 0 aliphatic heterocycles. The average molecular weight is 317 g/mol. The van der Waals surface area contributed by atoms with E-state index in [-0.39, 0.29) is 17.0 Å². The lowest BCUT2D eigenvalue weighted by molar-refractivity contribution is 0.0952. The van der Waals surface area contributed by atoms with Crippen molar-refractivity contribution in [3.8, 4) is 0 Å². The Morgan fingerprint density at radius 2 is 2.18 bits per heavy atom. The minimum absolute atomic E-state index is 0.157. The normalized spacial score (nSPS) is 13.7. The Bertz CT molecular complexity index is 725. The summed E-state index contributed by atoms with van der Waals surface area (Å²) >= 11 is 1.76. The average Bonchev–Trinajstić information content (AvgIpc) is 2.89. The Kier molecular flexibility index (Phi) is 4.38. The molecule has 2 heterocycles. The summed E-state index contributed by atoms with van der Waals surface area (Å²) in [6.07, 6.45) is 5.41. The second-order valence-corrected chi connectivity index (χ2v) is 6.74. The fraction of sp³-hybridized carbons (Fsp3) is 0.438. The van der Waals surface area contributed by atoms with Crippen LogP contribution in [0.1, 0.15) is 44.5 Å². The van der Waals surface area contributed by atoms with E-state index >= 15 is 0 Å². The molecule has 116 valence electrons. The van der Waals surface area contributed by atoms with Crippen LogP contribution >= 0.6 is 11.3 Å². The number of hydrogen-bond donors (Lipinski definition) is 2. The first-order chi connectivity index (χ1) is 10.6. The van der Waals surface area contributed by atoms with Crippen molar-refractivity contribution >= 4 is 17.2 Å². The largest absolute Gasteiger partial charge is 0.351 e. The molecule has 22 heavy (non-hydrogen) atoms. The quantitative estimate of drug-likeness (QED) is 0.905. The fourth-order valence-electron chi connectivity index (χ4n) is 2.64. The molecule has 6 heteroatoms. The highest BCUT2D eigenvalue weighted by Gasteiger charge is 2.15. The standard InChI is InChI=1S/C16H19N3O2S/c1-10-6-7-11(16(21)18-10)15(20)17-9-8-14-19-12-4-2-3-5-13(12)22-14/h6-7H,2-5,8-9H2,1H3,(H,17,20)(H,18,21). The van der Waals surface area contributed by atoms with Crippen LogP contribution < -0.4 is 10.9 Å². The van der Waals surface area contributed by atoms with Crippen molar-refractivity contribution in [2.75, 3.05) is 6.54 Å². The summed E-state index contributed by atoms with van der Waals surface area (Å²) in [5.74, 6) is -0.331. The van der Waals surface area contributed by atoms with E-state index in [9.17, 15) is 9.59 Å². The molecule has 0 saturated heterocycles. The Hall–Kier alpha value is -1.95. The van der Waals surface area contributed by atoms with Crippen LogP contribution in [0.5, 0.6) is 0 Å².